The molecule has 0 aliphatic heterocycles. The van der Waals surface area contributed by atoms with E-state index in [0.717, 1.165) is 0 Å². The highest BCUT2D eigenvalue weighted by Gasteiger charge is 2.10. The highest BCUT2D eigenvalue weighted by Crippen LogP contribution is 2.19. The summed E-state index contributed by atoms with van der Waals surface area (Å²) in [4.78, 5) is 11.3. The molecule has 1 aromatic heterocycles. The fourth-order valence-electron chi connectivity index (χ4n) is 1.53. The molecule has 6 heteroatoms. The highest BCUT2D eigenvalue weighted by atomic mass is 35.5. The van der Waals surface area contributed by atoms with Crippen LogP contribution in [0.2, 0.25) is 5.22 Å². The molecule has 0 fully saturated rings. The molecule has 2 rings (SSSR count). The monoisotopic (exact) mass is 283 g/mol. The lowest BCUT2D eigenvalue weighted by Gasteiger charge is -2.07. The molecule has 0 aliphatic carbocycles. The third-order valence-electron chi connectivity index (χ3n) is 2.47. The van der Waals surface area contributed by atoms with Gasteiger partial charge >= 0.3 is 5.97 Å². The van der Waals surface area contributed by atoms with Gasteiger partial charge in [0.25, 0.3) is 0 Å². The molecule has 4 nitrogen and oxygen atoms in total. The topological polar surface area (TPSA) is 51.5 Å². The van der Waals surface area contributed by atoms with E-state index in [2.05, 4.69) is 10.1 Å². The first-order valence-electron chi connectivity index (χ1n) is 5.46. The zero-order valence-electron chi connectivity index (χ0n) is 10.1. The Morgan fingerprint density at radius 2 is 2.21 bits per heavy atom. The molecular formula is C13H11ClFNO3. The Kier molecular flexibility index (Phi) is 4.06. The number of hydrogen-bond acceptors (Lipinski definition) is 4. The zero-order valence-corrected chi connectivity index (χ0v) is 10.8. The van der Waals surface area contributed by atoms with Crippen molar-refractivity contribution in [2.24, 2.45) is 0 Å². The van der Waals surface area contributed by atoms with E-state index in [0.29, 0.717) is 5.76 Å². The molecule has 0 saturated carbocycles. The smallest absolute Gasteiger partial charge is 0.337 e. The predicted octanol–water partition coefficient (Wildman–Crippen LogP) is 3.47. The molecule has 0 radical (unpaired) electrons. The maximum Gasteiger partial charge on any atom is 0.337 e. The predicted molar refractivity (Wildman–Crippen MR) is 68.8 cm³/mol. The quantitative estimate of drug-likeness (QED) is 0.873. The summed E-state index contributed by atoms with van der Waals surface area (Å²) in [6, 6.07) is 7.21. The largest absolute Gasteiger partial charge is 0.465 e. The number of rotatable bonds is 4. The van der Waals surface area contributed by atoms with Crippen molar-refractivity contribution < 1.29 is 18.3 Å². The standard InChI is InChI=1S/C13H11ClFNO3/c1-18-13(17)8-2-4-10(15)11(6-8)16-7-9-3-5-12(14)19-9/h2-6,16H,7H2,1H3. The van der Waals surface area contributed by atoms with Gasteiger partial charge in [0.05, 0.1) is 24.9 Å². The first-order valence-corrected chi connectivity index (χ1v) is 5.84. The number of halogens is 2. The van der Waals surface area contributed by atoms with Crippen molar-refractivity contribution in [1.82, 2.24) is 0 Å². The first-order chi connectivity index (χ1) is 9.10. The molecule has 2 aromatic rings. The van der Waals surface area contributed by atoms with E-state index in [1.807, 2.05) is 0 Å². The van der Waals surface area contributed by atoms with Gasteiger partial charge in [-0.2, -0.15) is 0 Å². The lowest BCUT2D eigenvalue weighted by molar-refractivity contribution is 0.0600. The van der Waals surface area contributed by atoms with Crippen molar-refractivity contribution in [3.63, 3.8) is 0 Å². The summed E-state index contributed by atoms with van der Waals surface area (Å²) in [5.41, 5.74) is 0.458. The molecule has 0 unspecified atom stereocenters. The van der Waals surface area contributed by atoms with Crippen LogP contribution in [0.4, 0.5) is 10.1 Å². The number of carbonyl (C=O) groups excluding carboxylic acids is 1. The molecular weight excluding hydrogens is 273 g/mol. The Hall–Kier alpha value is -2.01. The van der Waals surface area contributed by atoms with Crippen LogP contribution < -0.4 is 5.32 Å². The Morgan fingerprint density at radius 1 is 1.42 bits per heavy atom. The van der Waals surface area contributed by atoms with Crippen LogP contribution in [-0.4, -0.2) is 13.1 Å². The molecule has 100 valence electrons. The van der Waals surface area contributed by atoms with Crippen molar-refractivity contribution in [3.8, 4) is 0 Å². The number of esters is 1. The van der Waals surface area contributed by atoms with Crippen LogP contribution in [0.25, 0.3) is 0 Å². The molecule has 0 atom stereocenters. The van der Waals surface area contributed by atoms with Crippen molar-refractivity contribution in [3.05, 3.63) is 52.7 Å². The first kappa shape index (κ1) is 13.4. The second-order valence-corrected chi connectivity index (χ2v) is 4.12. The van der Waals surface area contributed by atoms with Crippen LogP contribution in [0.1, 0.15) is 16.1 Å². The Morgan fingerprint density at radius 3 is 2.84 bits per heavy atom. The van der Waals surface area contributed by atoms with E-state index < -0.39 is 11.8 Å². The summed E-state index contributed by atoms with van der Waals surface area (Å²) in [6.45, 7) is 0.258. The van der Waals surface area contributed by atoms with Gasteiger partial charge in [-0.1, -0.05) is 0 Å². The van der Waals surface area contributed by atoms with E-state index >= 15 is 0 Å². The molecule has 19 heavy (non-hydrogen) atoms. The van der Waals surface area contributed by atoms with E-state index in [1.165, 1.54) is 25.3 Å². The van der Waals surface area contributed by atoms with Gasteiger partial charge in [-0.25, -0.2) is 9.18 Å². The number of methoxy groups -OCH3 is 1. The molecule has 1 heterocycles. The van der Waals surface area contributed by atoms with Crippen LogP contribution >= 0.6 is 11.6 Å². The number of anilines is 1. The van der Waals surface area contributed by atoms with E-state index in [4.69, 9.17) is 16.0 Å². The van der Waals surface area contributed by atoms with Crippen LogP contribution in [0, 0.1) is 5.82 Å². The minimum Gasteiger partial charge on any atom is -0.465 e. The van der Waals surface area contributed by atoms with Gasteiger partial charge in [0.2, 0.25) is 0 Å². The second kappa shape index (κ2) is 5.75. The SMILES string of the molecule is COC(=O)c1ccc(F)c(NCc2ccc(Cl)o2)c1. The van der Waals surface area contributed by atoms with E-state index in [-0.39, 0.29) is 23.0 Å². The summed E-state index contributed by atoms with van der Waals surface area (Å²) in [5, 5.41) is 3.09. The number of hydrogen-bond donors (Lipinski definition) is 1. The maximum atomic E-state index is 13.6. The van der Waals surface area contributed by atoms with Gasteiger partial charge in [0, 0.05) is 0 Å². The Bertz CT molecular complexity index is 597. The van der Waals surface area contributed by atoms with Gasteiger partial charge in [-0.05, 0) is 41.9 Å². The lowest BCUT2D eigenvalue weighted by Crippen LogP contribution is -2.05. The van der Waals surface area contributed by atoms with Crippen LogP contribution in [-0.2, 0) is 11.3 Å². The van der Waals surface area contributed by atoms with Crippen LogP contribution in [0.15, 0.2) is 34.7 Å². The fourth-order valence-corrected chi connectivity index (χ4v) is 1.70. The van der Waals surface area contributed by atoms with E-state index in [9.17, 15) is 9.18 Å². The third kappa shape index (κ3) is 3.26. The molecule has 0 amide bonds. The average Bonchev–Trinajstić information content (AvgIpc) is 2.82. The summed E-state index contributed by atoms with van der Waals surface area (Å²) in [5.74, 6) is -0.428. The molecule has 0 spiro atoms. The Balaban J connectivity index is 2.12. The third-order valence-corrected chi connectivity index (χ3v) is 2.67. The van der Waals surface area contributed by atoms with Crippen molar-refractivity contribution >= 4 is 23.3 Å². The minimum absolute atomic E-state index is 0.190. The minimum atomic E-state index is -0.524. The number of carbonyl (C=O) groups is 1. The van der Waals surface area contributed by atoms with Crippen LogP contribution in [0.3, 0.4) is 0 Å². The van der Waals surface area contributed by atoms with Crippen molar-refractivity contribution in [1.29, 1.82) is 0 Å². The average molecular weight is 284 g/mol. The number of furan rings is 1. The summed E-state index contributed by atoms with van der Waals surface area (Å²) < 4.78 is 23.3. The normalized spacial score (nSPS) is 10.3. The van der Waals surface area contributed by atoms with Crippen molar-refractivity contribution in [2.45, 2.75) is 6.54 Å². The molecule has 1 N–H and O–H groups in total. The van der Waals surface area contributed by atoms with Gasteiger partial charge in [-0.3, -0.25) is 0 Å². The number of benzene rings is 1. The van der Waals surface area contributed by atoms with Crippen LogP contribution in [0.5, 0.6) is 0 Å². The number of ether oxygens (including phenoxy) is 1. The summed E-state index contributed by atoms with van der Waals surface area (Å²) in [6.07, 6.45) is 0. The maximum absolute atomic E-state index is 13.6. The fraction of sp³-hybridized carbons (Fsp3) is 0.154. The second-order valence-electron chi connectivity index (χ2n) is 3.75. The molecule has 1 aromatic carbocycles. The van der Waals surface area contributed by atoms with Gasteiger partial charge in [-0.15, -0.1) is 0 Å². The molecule has 0 bridgehead atoms. The molecule has 0 aliphatic rings. The van der Waals surface area contributed by atoms with Gasteiger partial charge in [0.15, 0.2) is 5.22 Å². The summed E-state index contributed by atoms with van der Waals surface area (Å²) >= 11 is 5.63. The van der Waals surface area contributed by atoms with Gasteiger partial charge in [0.1, 0.15) is 11.6 Å². The van der Waals surface area contributed by atoms with Crippen molar-refractivity contribution in [2.75, 3.05) is 12.4 Å². The number of nitrogens with one attached hydrogen (secondary N) is 1. The zero-order chi connectivity index (χ0) is 13.8. The summed E-state index contributed by atoms with van der Waals surface area (Å²) in [7, 11) is 1.27. The Labute approximate surface area is 114 Å². The van der Waals surface area contributed by atoms with E-state index in [1.54, 1.807) is 12.1 Å². The van der Waals surface area contributed by atoms with Gasteiger partial charge < -0.3 is 14.5 Å². The molecule has 0 saturated heterocycles. The highest BCUT2D eigenvalue weighted by molar-refractivity contribution is 6.28. The lowest BCUT2D eigenvalue weighted by atomic mass is 10.2.